The van der Waals surface area contributed by atoms with Crippen LogP contribution in [0.3, 0.4) is 0 Å². The maximum atomic E-state index is 14.4. The zero-order valence-electron chi connectivity index (χ0n) is 18.6. The third-order valence-corrected chi connectivity index (χ3v) is 5.80. The molecule has 0 saturated carbocycles. The highest BCUT2D eigenvalue weighted by atomic mass is 19.1. The molecule has 0 fully saturated rings. The van der Waals surface area contributed by atoms with E-state index in [1.165, 1.54) is 13.2 Å². The van der Waals surface area contributed by atoms with Gasteiger partial charge in [0.25, 0.3) is 0 Å². The fourth-order valence-electron chi connectivity index (χ4n) is 4.31. The van der Waals surface area contributed by atoms with Crippen LogP contribution in [0.25, 0.3) is 0 Å². The van der Waals surface area contributed by atoms with Crippen molar-refractivity contribution in [2.75, 3.05) is 34.5 Å². The molecule has 168 valence electrons. The Labute approximate surface area is 183 Å². The number of fused-ring (bicyclic) bond motifs is 1. The van der Waals surface area contributed by atoms with Gasteiger partial charge in [-0.15, -0.1) is 0 Å². The van der Waals surface area contributed by atoms with E-state index in [0.717, 1.165) is 24.1 Å². The van der Waals surface area contributed by atoms with E-state index >= 15 is 0 Å². The van der Waals surface area contributed by atoms with Crippen molar-refractivity contribution in [3.05, 3.63) is 58.9 Å². The summed E-state index contributed by atoms with van der Waals surface area (Å²) in [6.07, 6.45) is 1.50. The molecular formula is C24H31FN2O4. The van der Waals surface area contributed by atoms with Crippen LogP contribution >= 0.6 is 0 Å². The quantitative estimate of drug-likeness (QED) is 0.660. The number of amides is 1. The molecule has 0 saturated heterocycles. The van der Waals surface area contributed by atoms with Gasteiger partial charge in [-0.3, -0.25) is 9.69 Å². The van der Waals surface area contributed by atoms with Crippen molar-refractivity contribution in [1.29, 1.82) is 0 Å². The molecule has 1 heterocycles. The second kappa shape index (κ2) is 10.6. The molecule has 1 N–H and O–H groups in total. The van der Waals surface area contributed by atoms with Crippen molar-refractivity contribution in [3.63, 3.8) is 0 Å². The zero-order valence-corrected chi connectivity index (χ0v) is 18.6. The van der Waals surface area contributed by atoms with Gasteiger partial charge < -0.3 is 19.5 Å². The zero-order chi connectivity index (χ0) is 22.4. The summed E-state index contributed by atoms with van der Waals surface area (Å²) in [5.41, 5.74) is 2.84. The molecule has 2 aromatic rings. The molecule has 2 unspecified atom stereocenters. The van der Waals surface area contributed by atoms with E-state index in [1.54, 1.807) is 26.4 Å². The minimum atomic E-state index is -0.226. The Morgan fingerprint density at radius 3 is 2.55 bits per heavy atom. The van der Waals surface area contributed by atoms with Gasteiger partial charge >= 0.3 is 0 Å². The Bertz CT molecular complexity index is 905. The monoisotopic (exact) mass is 430 g/mol. The van der Waals surface area contributed by atoms with Crippen LogP contribution in [-0.4, -0.2) is 51.3 Å². The Kier molecular flexibility index (Phi) is 7.87. The van der Waals surface area contributed by atoms with Crippen LogP contribution in [0.1, 0.15) is 36.1 Å². The first-order chi connectivity index (χ1) is 15.0. The number of ether oxygens (including phenoxy) is 3. The first-order valence-corrected chi connectivity index (χ1v) is 10.5. The number of rotatable bonds is 9. The molecule has 2 aromatic carbocycles. The molecule has 0 spiro atoms. The van der Waals surface area contributed by atoms with Gasteiger partial charge in [-0.1, -0.05) is 25.1 Å². The molecule has 0 radical (unpaired) electrons. The standard InChI is InChI=1S/C24H31FN2O4/c1-5-20(26-23(28)15-29-2)24-18-13-22(31-4)21(30-3)12-16(18)10-11-27(24)14-17-8-6-7-9-19(17)25/h6-9,12-13,20,24H,5,10-11,14-15H2,1-4H3,(H,26,28). The summed E-state index contributed by atoms with van der Waals surface area (Å²) < 4.78 is 30.5. The lowest BCUT2D eigenvalue weighted by molar-refractivity contribution is -0.126. The fourth-order valence-corrected chi connectivity index (χ4v) is 4.31. The normalized spacial score (nSPS) is 17.0. The van der Waals surface area contributed by atoms with Crippen LogP contribution in [0.2, 0.25) is 0 Å². The van der Waals surface area contributed by atoms with Crippen molar-refractivity contribution in [3.8, 4) is 11.5 Å². The van der Waals surface area contributed by atoms with Crippen molar-refractivity contribution in [2.24, 2.45) is 0 Å². The number of methoxy groups -OCH3 is 3. The Morgan fingerprint density at radius 1 is 1.19 bits per heavy atom. The maximum absolute atomic E-state index is 14.4. The first kappa shape index (κ1) is 23.0. The highest BCUT2D eigenvalue weighted by Crippen LogP contribution is 2.40. The number of hydrogen-bond acceptors (Lipinski definition) is 5. The lowest BCUT2D eigenvalue weighted by Gasteiger charge is -2.42. The lowest BCUT2D eigenvalue weighted by atomic mass is 9.86. The van der Waals surface area contributed by atoms with E-state index in [0.29, 0.717) is 30.0 Å². The predicted octanol–water partition coefficient (Wildman–Crippen LogP) is 3.48. The number of carbonyl (C=O) groups excluding carboxylic acids is 1. The molecule has 1 aliphatic heterocycles. The number of hydrogen-bond donors (Lipinski definition) is 1. The van der Waals surface area contributed by atoms with Crippen molar-refractivity contribution < 1.29 is 23.4 Å². The molecule has 3 rings (SSSR count). The predicted molar refractivity (Wildman–Crippen MR) is 117 cm³/mol. The number of nitrogens with zero attached hydrogens (tertiary/aromatic N) is 1. The Hall–Kier alpha value is -2.64. The van der Waals surface area contributed by atoms with Gasteiger partial charge in [0.2, 0.25) is 5.91 Å². The smallest absolute Gasteiger partial charge is 0.246 e. The number of nitrogens with one attached hydrogen (secondary N) is 1. The number of benzene rings is 2. The van der Waals surface area contributed by atoms with Crippen LogP contribution in [0.4, 0.5) is 4.39 Å². The second-order valence-electron chi connectivity index (χ2n) is 7.68. The van der Waals surface area contributed by atoms with Gasteiger partial charge in [0, 0.05) is 31.8 Å². The van der Waals surface area contributed by atoms with Gasteiger partial charge in [-0.2, -0.15) is 0 Å². The minimum Gasteiger partial charge on any atom is -0.493 e. The van der Waals surface area contributed by atoms with Crippen LogP contribution in [0, 0.1) is 5.82 Å². The second-order valence-corrected chi connectivity index (χ2v) is 7.68. The summed E-state index contributed by atoms with van der Waals surface area (Å²) in [5.74, 6) is 0.916. The van der Waals surface area contributed by atoms with Gasteiger partial charge in [-0.25, -0.2) is 4.39 Å². The van der Waals surface area contributed by atoms with Crippen LogP contribution < -0.4 is 14.8 Å². The van der Waals surface area contributed by atoms with E-state index in [9.17, 15) is 9.18 Å². The molecule has 0 aliphatic carbocycles. The molecule has 6 nitrogen and oxygen atoms in total. The lowest BCUT2D eigenvalue weighted by Crippen LogP contribution is -2.49. The fraction of sp³-hybridized carbons (Fsp3) is 0.458. The summed E-state index contributed by atoms with van der Waals surface area (Å²) in [6, 6.07) is 10.5. The van der Waals surface area contributed by atoms with E-state index in [4.69, 9.17) is 14.2 Å². The molecular weight excluding hydrogens is 399 g/mol. The van der Waals surface area contributed by atoms with Gasteiger partial charge in [0.15, 0.2) is 11.5 Å². The summed E-state index contributed by atoms with van der Waals surface area (Å²) >= 11 is 0. The third kappa shape index (κ3) is 5.17. The molecule has 0 bridgehead atoms. The summed E-state index contributed by atoms with van der Waals surface area (Å²) in [7, 11) is 4.73. The average molecular weight is 431 g/mol. The van der Waals surface area contributed by atoms with Gasteiger partial charge in [0.1, 0.15) is 12.4 Å². The van der Waals surface area contributed by atoms with Crippen molar-refractivity contribution >= 4 is 5.91 Å². The SMILES string of the molecule is CCC(NC(=O)COC)C1c2cc(OC)c(OC)cc2CCN1Cc1ccccc1F. The number of halogens is 1. The number of carbonyl (C=O) groups is 1. The highest BCUT2D eigenvalue weighted by molar-refractivity contribution is 5.77. The molecule has 7 heteroatoms. The Morgan fingerprint density at radius 2 is 1.90 bits per heavy atom. The molecule has 31 heavy (non-hydrogen) atoms. The van der Waals surface area contributed by atoms with Crippen LogP contribution in [0.15, 0.2) is 36.4 Å². The molecule has 1 aliphatic rings. The van der Waals surface area contributed by atoms with Crippen LogP contribution in [0.5, 0.6) is 11.5 Å². The van der Waals surface area contributed by atoms with Crippen molar-refractivity contribution in [2.45, 2.75) is 38.4 Å². The molecule has 0 aromatic heterocycles. The van der Waals surface area contributed by atoms with Gasteiger partial charge in [-0.05, 0) is 42.2 Å². The third-order valence-electron chi connectivity index (χ3n) is 5.80. The molecule has 2 atom stereocenters. The van der Waals surface area contributed by atoms with Crippen molar-refractivity contribution in [1.82, 2.24) is 10.2 Å². The molecule has 1 amide bonds. The van der Waals surface area contributed by atoms with E-state index in [2.05, 4.69) is 10.2 Å². The van der Waals surface area contributed by atoms with Crippen LogP contribution in [-0.2, 0) is 22.5 Å². The highest BCUT2D eigenvalue weighted by Gasteiger charge is 2.35. The topological polar surface area (TPSA) is 60.0 Å². The average Bonchev–Trinajstić information content (AvgIpc) is 2.78. The summed E-state index contributed by atoms with van der Waals surface area (Å²) in [6.45, 7) is 3.21. The first-order valence-electron chi connectivity index (χ1n) is 10.5. The maximum Gasteiger partial charge on any atom is 0.246 e. The largest absolute Gasteiger partial charge is 0.493 e. The summed E-state index contributed by atoms with van der Waals surface area (Å²) in [4.78, 5) is 14.6. The van der Waals surface area contributed by atoms with E-state index in [1.807, 2.05) is 25.1 Å². The minimum absolute atomic E-state index is 0.00464. The summed E-state index contributed by atoms with van der Waals surface area (Å²) in [5, 5.41) is 3.10. The van der Waals surface area contributed by atoms with E-state index in [-0.39, 0.29) is 30.4 Å². The van der Waals surface area contributed by atoms with E-state index < -0.39 is 0 Å². The Balaban J connectivity index is 2.03. The van der Waals surface area contributed by atoms with Gasteiger partial charge in [0.05, 0.1) is 20.3 Å².